The molecule has 4 heteroatoms. The monoisotopic (exact) mass is 252 g/mol. The molecular weight excluding hydrogens is 231 g/mol. The highest BCUT2D eigenvalue weighted by atomic mass is 19.1. The fourth-order valence-corrected chi connectivity index (χ4v) is 2.60. The lowest BCUT2D eigenvalue weighted by atomic mass is 10.0. The first kappa shape index (κ1) is 13.3. The van der Waals surface area contributed by atoms with Crippen molar-refractivity contribution in [1.29, 1.82) is 0 Å². The summed E-state index contributed by atoms with van der Waals surface area (Å²) in [5.74, 6) is -0.220. The summed E-state index contributed by atoms with van der Waals surface area (Å²) in [7, 11) is 1.73. The van der Waals surface area contributed by atoms with E-state index in [0.717, 1.165) is 31.6 Å². The first-order valence-corrected chi connectivity index (χ1v) is 6.45. The second-order valence-corrected chi connectivity index (χ2v) is 4.91. The van der Waals surface area contributed by atoms with Gasteiger partial charge in [0.25, 0.3) is 0 Å². The molecule has 18 heavy (non-hydrogen) atoms. The second-order valence-electron chi connectivity index (χ2n) is 4.91. The zero-order chi connectivity index (χ0) is 13.1. The van der Waals surface area contributed by atoms with E-state index in [1.165, 1.54) is 6.07 Å². The Kier molecular flexibility index (Phi) is 4.19. The van der Waals surface area contributed by atoms with Crippen molar-refractivity contribution in [2.75, 3.05) is 25.1 Å². The molecule has 1 heterocycles. The first-order valence-electron chi connectivity index (χ1n) is 6.45. The maximum Gasteiger partial charge on any atom is 0.130 e. The Hall–Kier alpha value is -1.13. The van der Waals surface area contributed by atoms with Crippen molar-refractivity contribution < 1.29 is 9.13 Å². The van der Waals surface area contributed by atoms with Crippen molar-refractivity contribution in [2.45, 2.75) is 31.9 Å². The Labute approximate surface area is 108 Å². The number of benzene rings is 1. The number of hydrogen-bond donors (Lipinski definition) is 1. The third kappa shape index (κ3) is 2.65. The van der Waals surface area contributed by atoms with E-state index in [0.29, 0.717) is 5.56 Å². The zero-order valence-corrected chi connectivity index (χ0v) is 11.0. The van der Waals surface area contributed by atoms with Gasteiger partial charge in [0, 0.05) is 37.5 Å². The van der Waals surface area contributed by atoms with Crippen molar-refractivity contribution in [3.05, 3.63) is 29.6 Å². The van der Waals surface area contributed by atoms with E-state index < -0.39 is 0 Å². The molecule has 0 bridgehead atoms. The van der Waals surface area contributed by atoms with Crippen molar-refractivity contribution in [3.8, 4) is 0 Å². The molecule has 3 nitrogen and oxygen atoms in total. The second kappa shape index (κ2) is 5.67. The Balaban J connectivity index is 2.29. The summed E-state index contributed by atoms with van der Waals surface area (Å²) >= 11 is 0. The molecule has 1 unspecified atom stereocenters. The number of methoxy groups -OCH3 is 1. The van der Waals surface area contributed by atoms with E-state index in [2.05, 4.69) is 4.90 Å². The number of rotatable bonds is 3. The number of nitrogens with zero attached hydrogens (tertiary/aromatic N) is 1. The minimum Gasteiger partial charge on any atom is -0.380 e. The predicted octanol–water partition coefficient (Wildman–Crippen LogP) is 2.46. The molecule has 1 fully saturated rings. The molecule has 0 amide bonds. The lowest BCUT2D eigenvalue weighted by Crippen LogP contribution is -2.40. The smallest absolute Gasteiger partial charge is 0.130 e. The van der Waals surface area contributed by atoms with E-state index in [9.17, 15) is 4.39 Å². The van der Waals surface area contributed by atoms with Crippen LogP contribution in [-0.2, 0) is 4.74 Å². The van der Waals surface area contributed by atoms with Crippen LogP contribution in [0.15, 0.2) is 18.2 Å². The van der Waals surface area contributed by atoms with Gasteiger partial charge in [-0.1, -0.05) is 6.07 Å². The number of piperidine rings is 1. The largest absolute Gasteiger partial charge is 0.380 e. The van der Waals surface area contributed by atoms with E-state index in [1.54, 1.807) is 13.2 Å². The molecule has 2 rings (SSSR count). The van der Waals surface area contributed by atoms with Crippen molar-refractivity contribution in [1.82, 2.24) is 0 Å². The van der Waals surface area contributed by atoms with Gasteiger partial charge in [-0.15, -0.1) is 0 Å². The van der Waals surface area contributed by atoms with Crippen LogP contribution in [0.4, 0.5) is 10.1 Å². The zero-order valence-electron chi connectivity index (χ0n) is 11.0. The maximum atomic E-state index is 13.9. The van der Waals surface area contributed by atoms with Crippen LogP contribution in [0, 0.1) is 5.82 Å². The Morgan fingerprint density at radius 1 is 1.50 bits per heavy atom. The lowest BCUT2D eigenvalue weighted by molar-refractivity contribution is 0.0892. The van der Waals surface area contributed by atoms with Crippen LogP contribution in [0.3, 0.4) is 0 Å². The van der Waals surface area contributed by atoms with Gasteiger partial charge in [-0.05, 0) is 31.9 Å². The minimum atomic E-state index is -0.302. The normalized spacial score (nSPS) is 22.0. The Morgan fingerprint density at radius 2 is 2.28 bits per heavy atom. The van der Waals surface area contributed by atoms with Crippen LogP contribution in [0.2, 0.25) is 0 Å². The Bertz CT molecular complexity index is 409. The molecule has 1 aromatic rings. The van der Waals surface area contributed by atoms with Crippen molar-refractivity contribution in [3.63, 3.8) is 0 Å². The first-order chi connectivity index (χ1) is 8.63. The van der Waals surface area contributed by atoms with Crippen molar-refractivity contribution in [2.24, 2.45) is 5.73 Å². The summed E-state index contributed by atoms with van der Waals surface area (Å²) in [6, 6.07) is 4.86. The molecule has 1 aliphatic rings. The fourth-order valence-electron chi connectivity index (χ4n) is 2.60. The third-order valence-corrected chi connectivity index (χ3v) is 3.54. The van der Waals surface area contributed by atoms with Crippen LogP contribution in [-0.4, -0.2) is 26.3 Å². The quantitative estimate of drug-likeness (QED) is 0.898. The summed E-state index contributed by atoms with van der Waals surface area (Å²) in [6.45, 7) is 3.56. The van der Waals surface area contributed by atoms with Crippen LogP contribution in [0.5, 0.6) is 0 Å². The van der Waals surface area contributed by atoms with Gasteiger partial charge in [-0.3, -0.25) is 0 Å². The number of hydrogen-bond acceptors (Lipinski definition) is 3. The predicted molar refractivity (Wildman–Crippen MR) is 71.2 cm³/mol. The fraction of sp³-hybridized carbons (Fsp3) is 0.571. The molecular formula is C14H21FN2O. The molecule has 0 aromatic heterocycles. The van der Waals surface area contributed by atoms with Gasteiger partial charge >= 0.3 is 0 Å². The standard InChI is InChI=1S/C14H21FN2O/c1-10(16)14-12(15)6-3-7-13(14)17-8-4-5-11(9-17)18-2/h3,6-7,10-11H,4-5,8-9,16H2,1-2H3/t10-,11?/m1/s1. The third-order valence-electron chi connectivity index (χ3n) is 3.54. The van der Waals surface area contributed by atoms with Crippen molar-refractivity contribution >= 4 is 5.69 Å². The number of ether oxygens (including phenoxy) is 1. The molecule has 0 saturated carbocycles. The van der Waals surface area contributed by atoms with E-state index in [4.69, 9.17) is 10.5 Å². The van der Waals surface area contributed by atoms with E-state index in [1.807, 2.05) is 13.0 Å². The van der Waals surface area contributed by atoms with Gasteiger partial charge < -0.3 is 15.4 Å². The lowest BCUT2D eigenvalue weighted by Gasteiger charge is -2.35. The molecule has 0 spiro atoms. The van der Waals surface area contributed by atoms with Crippen LogP contribution >= 0.6 is 0 Å². The summed E-state index contributed by atoms with van der Waals surface area (Å²) in [6.07, 6.45) is 2.35. The van der Waals surface area contributed by atoms with E-state index in [-0.39, 0.29) is 18.0 Å². The molecule has 0 radical (unpaired) electrons. The summed E-state index contributed by atoms with van der Waals surface area (Å²) < 4.78 is 19.3. The summed E-state index contributed by atoms with van der Waals surface area (Å²) in [4.78, 5) is 2.18. The highest BCUT2D eigenvalue weighted by Crippen LogP contribution is 2.30. The molecule has 2 atom stereocenters. The molecule has 100 valence electrons. The number of anilines is 1. The summed E-state index contributed by atoms with van der Waals surface area (Å²) in [5.41, 5.74) is 7.41. The van der Waals surface area contributed by atoms with E-state index >= 15 is 0 Å². The van der Waals surface area contributed by atoms with Gasteiger partial charge in [-0.25, -0.2) is 4.39 Å². The molecule has 2 N–H and O–H groups in total. The van der Waals surface area contributed by atoms with Gasteiger partial charge in [-0.2, -0.15) is 0 Å². The SMILES string of the molecule is COC1CCCN(c2cccc(F)c2[C@@H](C)N)C1. The van der Waals surface area contributed by atoms with Gasteiger partial charge in [0.05, 0.1) is 6.10 Å². The molecule has 1 saturated heterocycles. The highest BCUT2D eigenvalue weighted by molar-refractivity contribution is 5.56. The van der Waals surface area contributed by atoms with Crippen LogP contribution in [0.1, 0.15) is 31.4 Å². The summed E-state index contributed by atoms with van der Waals surface area (Å²) in [5, 5.41) is 0. The van der Waals surface area contributed by atoms with Gasteiger partial charge in [0.15, 0.2) is 0 Å². The van der Waals surface area contributed by atoms with Crippen LogP contribution in [0.25, 0.3) is 0 Å². The minimum absolute atomic E-state index is 0.220. The Morgan fingerprint density at radius 3 is 2.94 bits per heavy atom. The van der Waals surface area contributed by atoms with Crippen LogP contribution < -0.4 is 10.6 Å². The molecule has 0 aliphatic carbocycles. The van der Waals surface area contributed by atoms with Gasteiger partial charge in [0.1, 0.15) is 5.82 Å². The van der Waals surface area contributed by atoms with Gasteiger partial charge in [0.2, 0.25) is 0 Å². The number of nitrogens with two attached hydrogens (primary N) is 1. The average molecular weight is 252 g/mol. The average Bonchev–Trinajstić information content (AvgIpc) is 2.38. The molecule has 1 aromatic carbocycles. The molecule has 1 aliphatic heterocycles. The topological polar surface area (TPSA) is 38.5 Å². The maximum absolute atomic E-state index is 13.9. The highest BCUT2D eigenvalue weighted by Gasteiger charge is 2.23. The number of halogens is 1.